The summed E-state index contributed by atoms with van der Waals surface area (Å²) in [5.41, 5.74) is 0. The van der Waals surface area contributed by atoms with Gasteiger partial charge in [0.15, 0.2) is 5.94 Å². The molecule has 0 unspecified atom stereocenters. The van der Waals surface area contributed by atoms with Gasteiger partial charge in [0.2, 0.25) is 10.0 Å². The second kappa shape index (κ2) is 3.90. The second-order valence-corrected chi connectivity index (χ2v) is 3.99. The van der Waals surface area contributed by atoms with Gasteiger partial charge in [0.05, 0.1) is 0 Å². The van der Waals surface area contributed by atoms with Crippen LogP contribution in [0.4, 0.5) is 0 Å². The van der Waals surface area contributed by atoms with E-state index >= 15 is 0 Å². The Hall–Kier alpha value is -0.130. The first-order valence-electron chi connectivity index (χ1n) is 2.97. The number of hydrogen-bond acceptors (Lipinski definition) is 3. The molecular formula is C5H15NO3S. The zero-order valence-electron chi connectivity index (χ0n) is 6.42. The summed E-state index contributed by atoms with van der Waals surface area (Å²) in [5.74, 6) is -0.273. The smallest absolute Gasteiger partial charge is 0.236 e. The molecule has 0 aliphatic rings. The molecule has 0 aliphatic carbocycles. The number of rotatable bonds is 4. The van der Waals surface area contributed by atoms with E-state index in [4.69, 9.17) is 0 Å². The topological polar surface area (TPSA) is 55.4 Å². The van der Waals surface area contributed by atoms with Crippen molar-refractivity contribution >= 4 is 10.0 Å². The minimum Gasteiger partial charge on any atom is -0.367 e. The van der Waals surface area contributed by atoms with Gasteiger partial charge in [-0.05, 0) is 13.8 Å². The van der Waals surface area contributed by atoms with E-state index in [0.29, 0.717) is 0 Å². The lowest BCUT2D eigenvalue weighted by atomic mass is 10.4. The van der Waals surface area contributed by atoms with Crippen LogP contribution in [0, 0.1) is 0 Å². The average molecular weight is 169 g/mol. The maximum atomic E-state index is 10.8. The van der Waals surface area contributed by atoms with Crippen molar-refractivity contribution in [3.8, 4) is 0 Å². The molecule has 0 rings (SSSR count). The molecule has 0 spiro atoms. The van der Waals surface area contributed by atoms with Gasteiger partial charge in [0.25, 0.3) is 0 Å². The van der Waals surface area contributed by atoms with E-state index in [9.17, 15) is 8.42 Å². The fraction of sp³-hybridized carbons (Fsp3) is 1.00. The Balaban J connectivity index is 0. The van der Waals surface area contributed by atoms with E-state index in [1.54, 1.807) is 13.8 Å². The summed E-state index contributed by atoms with van der Waals surface area (Å²) in [4.78, 5) is 0. The minimum absolute atomic E-state index is 0. The fourth-order valence-electron chi connectivity index (χ4n) is 0.548. The first-order valence-corrected chi connectivity index (χ1v) is 4.62. The Labute approximate surface area is 63.1 Å². The van der Waals surface area contributed by atoms with Crippen LogP contribution in [0.15, 0.2) is 0 Å². The van der Waals surface area contributed by atoms with Crippen LogP contribution < -0.4 is 4.72 Å². The van der Waals surface area contributed by atoms with Crippen LogP contribution in [0.1, 0.15) is 15.3 Å². The molecule has 5 heteroatoms. The molecule has 0 heterocycles. The van der Waals surface area contributed by atoms with E-state index in [1.807, 2.05) is 0 Å². The second-order valence-electron chi connectivity index (χ2n) is 2.29. The first-order chi connectivity index (χ1) is 4.48. The van der Waals surface area contributed by atoms with Crippen LogP contribution in [0.2, 0.25) is 0 Å². The highest BCUT2D eigenvalue weighted by Gasteiger charge is 2.09. The summed E-state index contributed by atoms with van der Waals surface area (Å²) >= 11 is 0. The quantitative estimate of drug-likeness (QED) is 0.652. The monoisotopic (exact) mass is 169 g/mol. The van der Waals surface area contributed by atoms with Gasteiger partial charge in [0, 0.05) is 14.6 Å². The zero-order chi connectivity index (χ0) is 8.20. The average Bonchev–Trinajstić information content (AvgIpc) is 1.59. The SMILES string of the molecule is COCS(=O)(=O)NC(C)C.[HH]. The van der Waals surface area contributed by atoms with Gasteiger partial charge in [-0.2, -0.15) is 0 Å². The lowest BCUT2D eigenvalue weighted by molar-refractivity contribution is 0.248. The summed E-state index contributed by atoms with van der Waals surface area (Å²) in [6, 6.07) is -0.0693. The largest absolute Gasteiger partial charge is 0.367 e. The highest BCUT2D eigenvalue weighted by Crippen LogP contribution is 1.87. The molecule has 0 aromatic rings. The molecule has 0 radical (unpaired) electrons. The van der Waals surface area contributed by atoms with Crippen LogP contribution >= 0.6 is 0 Å². The van der Waals surface area contributed by atoms with Crippen LogP contribution in [-0.4, -0.2) is 27.5 Å². The third-order valence-electron chi connectivity index (χ3n) is 0.688. The summed E-state index contributed by atoms with van der Waals surface area (Å²) in [6.07, 6.45) is 0. The molecule has 0 aliphatic heterocycles. The molecule has 0 aromatic heterocycles. The van der Waals surface area contributed by atoms with Gasteiger partial charge in [0.1, 0.15) is 0 Å². The first kappa shape index (κ1) is 9.87. The van der Waals surface area contributed by atoms with E-state index in [0.717, 1.165) is 0 Å². The number of sulfonamides is 1. The van der Waals surface area contributed by atoms with Gasteiger partial charge < -0.3 is 4.74 Å². The van der Waals surface area contributed by atoms with Crippen molar-refractivity contribution in [2.24, 2.45) is 0 Å². The van der Waals surface area contributed by atoms with Crippen LogP contribution in [0.3, 0.4) is 0 Å². The molecule has 1 N–H and O–H groups in total. The minimum atomic E-state index is -3.20. The van der Waals surface area contributed by atoms with E-state index in [-0.39, 0.29) is 13.4 Å². The number of nitrogens with one attached hydrogen (secondary N) is 1. The van der Waals surface area contributed by atoms with Gasteiger partial charge in [-0.1, -0.05) is 0 Å². The van der Waals surface area contributed by atoms with E-state index in [1.165, 1.54) is 7.11 Å². The van der Waals surface area contributed by atoms with Crippen molar-refractivity contribution in [1.82, 2.24) is 4.72 Å². The predicted molar refractivity (Wildman–Crippen MR) is 41.2 cm³/mol. The molecule has 0 saturated heterocycles. The van der Waals surface area contributed by atoms with Crippen LogP contribution in [0.5, 0.6) is 0 Å². The number of methoxy groups -OCH3 is 1. The maximum Gasteiger partial charge on any atom is 0.236 e. The summed E-state index contributed by atoms with van der Waals surface area (Å²) < 4.78 is 28.4. The summed E-state index contributed by atoms with van der Waals surface area (Å²) in [7, 11) is -1.86. The Kier molecular flexibility index (Phi) is 3.85. The molecular weight excluding hydrogens is 154 g/mol. The van der Waals surface area contributed by atoms with Gasteiger partial charge in [-0.25, -0.2) is 13.1 Å². The molecule has 64 valence electrons. The van der Waals surface area contributed by atoms with Crippen molar-refractivity contribution in [2.45, 2.75) is 19.9 Å². The third-order valence-corrected chi connectivity index (χ3v) is 2.06. The number of ether oxygens (including phenoxy) is 1. The Morgan fingerprint density at radius 2 is 2.10 bits per heavy atom. The molecule has 0 saturated carbocycles. The maximum absolute atomic E-state index is 10.8. The molecule has 4 nitrogen and oxygen atoms in total. The Bertz CT molecular complexity index is 178. The fourth-order valence-corrected chi connectivity index (χ4v) is 1.64. The standard InChI is InChI=1S/C5H13NO3S.H2/c1-5(2)6-10(7,8)4-9-3;/h5-6H,4H2,1-3H3;1H. The van der Waals surface area contributed by atoms with Gasteiger partial charge in [-0.15, -0.1) is 0 Å². The van der Waals surface area contributed by atoms with Crippen molar-refractivity contribution in [3.63, 3.8) is 0 Å². The molecule has 0 bridgehead atoms. The number of hydrogen-bond donors (Lipinski definition) is 1. The van der Waals surface area contributed by atoms with Crippen LogP contribution in [0.25, 0.3) is 0 Å². The van der Waals surface area contributed by atoms with Gasteiger partial charge >= 0.3 is 0 Å². The lowest BCUT2D eigenvalue weighted by Crippen LogP contribution is -2.32. The van der Waals surface area contributed by atoms with Crippen molar-refractivity contribution < 1.29 is 14.6 Å². The zero-order valence-corrected chi connectivity index (χ0v) is 7.23. The lowest BCUT2D eigenvalue weighted by Gasteiger charge is -2.07. The highest BCUT2D eigenvalue weighted by molar-refractivity contribution is 7.89. The van der Waals surface area contributed by atoms with E-state index in [2.05, 4.69) is 9.46 Å². The normalized spacial score (nSPS) is 12.4. The van der Waals surface area contributed by atoms with Gasteiger partial charge in [-0.3, -0.25) is 0 Å². The molecule has 0 aromatic carbocycles. The molecule has 0 atom stereocenters. The third kappa shape index (κ3) is 4.72. The predicted octanol–water partition coefficient (Wildman–Crippen LogP) is 0.164. The van der Waals surface area contributed by atoms with Crippen molar-refractivity contribution in [3.05, 3.63) is 0 Å². The molecule has 0 fully saturated rings. The van der Waals surface area contributed by atoms with E-state index < -0.39 is 10.0 Å². The van der Waals surface area contributed by atoms with Crippen molar-refractivity contribution in [1.29, 1.82) is 0 Å². The summed E-state index contributed by atoms with van der Waals surface area (Å²) in [6.45, 7) is 3.51. The van der Waals surface area contributed by atoms with Crippen molar-refractivity contribution in [2.75, 3.05) is 13.0 Å². The highest BCUT2D eigenvalue weighted by atomic mass is 32.2. The summed E-state index contributed by atoms with van der Waals surface area (Å²) in [5, 5.41) is 0. The van der Waals surface area contributed by atoms with Crippen LogP contribution in [-0.2, 0) is 14.8 Å². The molecule has 10 heavy (non-hydrogen) atoms. The molecule has 0 amide bonds. The Morgan fingerprint density at radius 1 is 1.60 bits per heavy atom. The Morgan fingerprint density at radius 3 is 2.40 bits per heavy atom.